The van der Waals surface area contributed by atoms with Crippen LogP contribution in [0.3, 0.4) is 0 Å². The van der Waals surface area contributed by atoms with Crippen LogP contribution in [-0.4, -0.2) is 11.1 Å². The van der Waals surface area contributed by atoms with Gasteiger partial charge in [0, 0.05) is 39.7 Å². The SMILES string of the molecule is C1=CCNC(c2ccc(-c3ccc4c(ccc5c6ccc(-c7ccccc7)cc6n(-c6ccccc6)c45)c3)c3ccccc23)=C1. The van der Waals surface area contributed by atoms with Crippen LogP contribution in [-0.2, 0) is 0 Å². The van der Waals surface area contributed by atoms with E-state index in [2.05, 4.69) is 174 Å². The molecule has 1 aromatic heterocycles. The topological polar surface area (TPSA) is 17.0 Å². The van der Waals surface area contributed by atoms with Crippen molar-refractivity contribution in [2.45, 2.75) is 0 Å². The maximum atomic E-state index is 3.54. The summed E-state index contributed by atoms with van der Waals surface area (Å²) in [5.41, 5.74) is 11.0. The monoisotopic (exact) mass is 574 g/mol. The number of fused-ring (bicyclic) bond motifs is 6. The van der Waals surface area contributed by atoms with Crippen molar-refractivity contribution in [3.8, 4) is 27.9 Å². The van der Waals surface area contributed by atoms with E-state index < -0.39 is 0 Å². The van der Waals surface area contributed by atoms with E-state index >= 15 is 0 Å². The van der Waals surface area contributed by atoms with Gasteiger partial charge in [-0.15, -0.1) is 0 Å². The van der Waals surface area contributed by atoms with E-state index in [1.54, 1.807) is 0 Å². The van der Waals surface area contributed by atoms with Gasteiger partial charge in [0.15, 0.2) is 0 Å². The maximum Gasteiger partial charge on any atom is 0.0619 e. The number of nitrogens with zero attached hydrogens (tertiary/aromatic N) is 1. The minimum atomic E-state index is 0.855. The lowest BCUT2D eigenvalue weighted by molar-refractivity contribution is 0.998. The number of rotatable bonds is 4. The van der Waals surface area contributed by atoms with Gasteiger partial charge in [0.1, 0.15) is 0 Å². The molecule has 0 saturated carbocycles. The van der Waals surface area contributed by atoms with Gasteiger partial charge in [-0.25, -0.2) is 0 Å². The molecule has 0 spiro atoms. The van der Waals surface area contributed by atoms with Crippen molar-refractivity contribution in [2.24, 2.45) is 0 Å². The van der Waals surface area contributed by atoms with Crippen molar-refractivity contribution < 1.29 is 0 Å². The minimum Gasteiger partial charge on any atom is -0.381 e. The first-order chi connectivity index (χ1) is 22.3. The Morgan fingerprint density at radius 1 is 0.489 bits per heavy atom. The summed E-state index contributed by atoms with van der Waals surface area (Å²) in [6, 6.07) is 53.2. The highest BCUT2D eigenvalue weighted by Gasteiger charge is 2.17. The largest absolute Gasteiger partial charge is 0.381 e. The number of dihydropyridines is 1. The summed E-state index contributed by atoms with van der Waals surface area (Å²) in [5, 5.41) is 11.1. The van der Waals surface area contributed by atoms with Crippen LogP contribution >= 0.6 is 0 Å². The Kier molecular flexibility index (Phi) is 5.92. The second kappa shape index (κ2) is 10.4. The first kappa shape index (κ1) is 25.6. The molecule has 2 nitrogen and oxygen atoms in total. The minimum absolute atomic E-state index is 0.855. The van der Waals surface area contributed by atoms with Crippen molar-refractivity contribution in [2.75, 3.05) is 6.54 Å². The number of aromatic nitrogens is 1. The fraction of sp³-hybridized carbons (Fsp3) is 0.0233. The number of hydrogen-bond donors (Lipinski definition) is 1. The van der Waals surface area contributed by atoms with Gasteiger partial charge in [-0.3, -0.25) is 0 Å². The van der Waals surface area contributed by atoms with Crippen LogP contribution in [0.15, 0.2) is 164 Å². The molecule has 1 N–H and O–H groups in total. The van der Waals surface area contributed by atoms with Crippen LogP contribution in [0.4, 0.5) is 0 Å². The molecule has 1 aliphatic heterocycles. The molecule has 0 amide bonds. The summed E-state index contributed by atoms with van der Waals surface area (Å²) in [5.74, 6) is 0. The number of allylic oxidation sites excluding steroid dienone is 2. The Labute approximate surface area is 262 Å². The van der Waals surface area contributed by atoms with Gasteiger partial charge in [0.25, 0.3) is 0 Å². The first-order valence-electron chi connectivity index (χ1n) is 15.6. The van der Waals surface area contributed by atoms with Gasteiger partial charge in [0.2, 0.25) is 0 Å². The normalized spacial score (nSPS) is 13.0. The maximum absolute atomic E-state index is 3.54. The molecule has 212 valence electrons. The Morgan fingerprint density at radius 3 is 1.98 bits per heavy atom. The van der Waals surface area contributed by atoms with E-state index in [0.29, 0.717) is 0 Å². The fourth-order valence-corrected chi connectivity index (χ4v) is 7.09. The zero-order valence-electron chi connectivity index (χ0n) is 24.7. The van der Waals surface area contributed by atoms with Gasteiger partial charge in [0.05, 0.1) is 11.0 Å². The van der Waals surface area contributed by atoms with Gasteiger partial charge >= 0.3 is 0 Å². The van der Waals surface area contributed by atoms with Crippen molar-refractivity contribution in [1.29, 1.82) is 0 Å². The number of benzene rings is 7. The molecule has 8 aromatic rings. The van der Waals surface area contributed by atoms with Gasteiger partial charge in [-0.2, -0.15) is 0 Å². The van der Waals surface area contributed by atoms with Gasteiger partial charge in [-0.05, 0) is 68.8 Å². The predicted octanol–water partition coefficient (Wildman–Crippen LogP) is 10.9. The molecule has 0 aliphatic carbocycles. The number of para-hydroxylation sites is 1. The highest BCUT2D eigenvalue weighted by atomic mass is 15.0. The van der Waals surface area contributed by atoms with Crippen LogP contribution in [0.25, 0.3) is 77.0 Å². The Balaban J connectivity index is 1.27. The summed E-state index contributed by atoms with van der Waals surface area (Å²) in [6.45, 7) is 0.855. The van der Waals surface area contributed by atoms with E-state index in [1.165, 1.54) is 82.6 Å². The number of nitrogens with one attached hydrogen (secondary N) is 1. The lowest BCUT2D eigenvalue weighted by Gasteiger charge is -2.17. The van der Waals surface area contributed by atoms with E-state index in [4.69, 9.17) is 0 Å². The smallest absolute Gasteiger partial charge is 0.0619 e. The molecule has 0 bridgehead atoms. The third-order valence-electron chi connectivity index (χ3n) is 9.20. The highest BCUT2D eigenvalue weighted by molar-refractivity contribution is 6.19. The molecular weight excluding hydrogens is 544 g/mol. The summed E-state index contributed by atoms with van der Waals surface area (Å²) in [6.07, 6.45) is 6.45. The third kappa shape index (κ3) is 4.18. The molecule has 0 atom stereocenters. The Bertz CT molecular complexity index is 2460. The van der Waals surface area contributed by atoms with Crippen molar-refractivity contribution in [3.05, 3.63) is 169 Å². The van der Waals surface area contributed by atoms with Gasteiger partial charge in [-0.1, -0.05) is 133 Å². The zero-order valence-corrected chi connectivity index (χ0v) is 24.7. The standard InChI is InChI=1S/C43H30N2/c1-3-11-29(12-4-1)30-18-22-39-40-23-20-32-27-31(19-21-35(32)43(40)45(42(39)28-30)33-13-5-2-6-14-33)34-24-25-38(41-17-9-10-26-44-41)37-16-8-7-15-36(34)37/h1-25,27-28,44H,26H2. The average Bonchev–Trinajstić information content (AvgIpc) is 3.46. The fourth-order valence-electron chi connectivity index (χ4n) is 7.09. The van der Waals surface area contributed by atoms with Crippen molar-refractivity contribution in [3.63, 3.8) is 0 Å². The molecule has 1 aliphatic rings. The molecule has 7 aromatic carbocycles. The highest BCUT2D eigenvalue weighted by Crippen LogP contribution is 2.40. The molecule has 9 rings (SSSR count). The Hall–Kier alpha value is -5.86. The van der Waals surface area contributed by atoms with E-state index in [1.807, 2.05) is 0 Å². The average molecular weight is 575 g/mol. The molecule has 2 heterocycles. The van der Waals surface area contributed by atoms with Crippen molar-refractivity contribution >= 4 is 49.0 Å². The van der Waals surface area contributed by atoms with E-state index in [0.717, 1.165) is 6.54 Å². The first-order valence-corrected chi connectivity index (χ1v) is 15.6. The van der Waals surface area contributed by atoms with Crippen LogP contribution < -0.4 is 5.32 Å². The molecule has 45 heavy (non-hydrogen) atoms. The molecule has 0 radical (unpaired) electrons. The Morgan fingerprint density at radius 2 is 1.18 bits per heavy atom. The third-order valence-corrected chi connectivity index (χ3v) is 9.20. The molecular formula is C43H30N2. The second-order valence-corrected chi connectivity index (χ2v) is 11.8. The predicted molar refractivity (Wildman–Crippen MR) is 192 cm³/mol. The quantitative estimate of drug-likeness (QED) is 0.221. The zero-order chi connectivity index (χ0) is 29.7. The van der Waals surface area contributed by atoms with E-state index in [-0.39, 0.29) is 0 Å². The molecule has 2 heteroatoms. The summed E-state index contributed by atoms with van der Waals surface area (Å²) in [7, 11) is 0. The van der Waals surface area contributed by atoms with Crippen LogP contribution in [0.5, 0.6) is 0 Å². The second-order valence-electron chi connectivity index (χ2n) is 11.8. The lowest BCUT2D eigenvalue weighted by Crippen LogP contribution is -2.14. The van der Waals surface area contributed by atoms with Crippen molar-refractivity contribution in [1.82, 2.24) is 9.88 Å². The summed E-state index contributed by atoms with van der Waals surface area (Å²) < 4.78 is 2.45. The molecule has 0 saturated heterocycles. The lowest BCUT2D eigenvalue weighted by atomic mass is 9.92. The van der Waals surface area contributed by atoms with E-state index in [9.17, 15) is 0 Å². The van der Waals surface area contributed by atoms with Crippen LogP contribution in [0, 0.1) is 0 Å². The molecule has 0 fully saturated rings. The molecule has 0 unspecified atom stereocenters. The van der Waals surface area contributed by atoms with Gasteiger partial charge < -0.3 is 9.88 Å². The summed E-state index contributed by atoms with van der Waals surface area (Å²) >= 11 is 0. The van der Waals surface area contributed by atoms with Crippen LogP contribution in [0.1, 0.15) is 5.56 Å². The number of hydrogen-bond acceptors (Lipinski definition) is 1. The van der Waals surface area contributed by atoms with Crippen LogP contribution in [0.2, 0.25) is 0 Å². The summed E-state index contributed by atoms with van der Waals surface area (Å²) in [4.78, 5) is 0.